The second-order valence-corrected chi connectivity index (χ2v) is 22.3. The lowest BCUT2D eigenvalue weighted by atomic mass is 9.82. The average Bonchev–Trinajstić information content (AvgIpc) is 3.35. The SMILES string of the molecule is CC(C)(C)c1cc(N(c2ccc3ccccc3c2)c2ccc(C(C)(C)C)c3ccccc23)c(-c2ccccc2)c(N(c2ccc3cc4ccccc4cc3c2)c2ccc(C(C)(C)C)c3ccccc23)c1. The Morgan fingerprint density at radius 3 is 1.14 bits per heavy atom. The van der Waals surface area contributed by atoms with Crippen molar-refractivity contribution >= 4 is 88.0 Å². The summed E-state index contributed by atoms with van der Waals surface area (Å²) in [5.41, 5.74) is 12.6. The van der Waals surface area contributed by atoms with Crippen molar-refractivity contribution in [3.63, 3.8) is 0 Å². The summed E-state index contributed by atoms with van der Waals surface area (Å²) < 4.78 is 0. The van der Waals surface area contributed by atoms with E-state index in [0.717, 1.165) is 45.3 Å². The fraction of sp³-hybridized carbons (Fsp3) is 0.176. The molecule has 0 spiro atoms. The number of hydrogen-bond acceptors (Lipinski definition) is 2. The van der Waals surface area contributed by atoms with Gasteiger partial charge >= 0.3 is 0 Å². The number of rotatable bonds is 7. The number of nitrogens with zero attached hydrogens (tertiary/aromatic N) is 2. The van der Waals surface area contributed by atoms with Crippen molar-refractivity contribution in [2.24, 2.45) is 0 Å². The van der Waals surface area contributed by atoms with E-state index >= 15 is 0 Å². The van der Waals surface area contributed by atoms with Crippen molar-refractivity contribution < 1.29 is 0 Å². The molecule has 0 aliphatic rings. The monoisotopic (exact) mass is 906 g/mol. The van der Waals surface area contributed by atoms with Gasteiger partial charge in [0.05, 0.1) is 22.7 Å². The second-order valence-electron chi connectivity index (χ2n) is 22.3. The molecule has 11 aromatic rings. The van der Waals surface area contributed by atoms with Crippen LogP contribution in [-0.4, -0.2) is 0 Å². The molecule has 0 N–H and O–H groups in total. The largest absolute Gasteiger partial charge is 0.309 e. The van der Waals surface area contributed by atoms with Crippen molar-refractivity contribution in [3.05, 3.63) is 229 Å². The van der Waals surface area contributed by atoms with Crippen molar-refractivity contribution in [1.82, 2.24) is 0 Å². The summed E-state index contributed by atoms with van der Waals surface area (Å²) in [7, 11) is 0. The molecule has 0 unspecified atom stereocenters. The summed E-state index contributed by atoms with van der Waals surface area (Å²) in [6, 6.07) is 79.8. The molecule has 11 aromatic carbocycles. The van der Waals surface area contributed by atoms with Crippen molar-refractivity contribution in [1.29, 1.82) is 0 Å². The molecule has 0 radical (unpaired) electrons. The van der Waals surface area contributed by atoms with Crippen molar-refractivity contribution in [2.45, 2.75) is 78.6 Å². The van der Waals surface area contributed by atoms with E-state index in [0.29, 0.717) is 0 Å². The molecule has 11 rings (SSSR count). The summed E-state index contributed by atoms with van der Waals surface area (Å²) in [5, 5.41) is 12.3. The first-order valence-electron chi connectivity index (χ1n) is 24.9. The number of benzene rings is 11. The Kier molecular flexibility index (Phi) is 10.9. The summed E-state index contributed by atoms with van der Waals surface area (Å²) >= 11 is 0. The Morgan fingerprint density at radius 2 is 0.657 bits per heavy atom. The number of hydrogen-bond donors (Lipinski definition) is 0. The molecular weight excluding hydrogens is 845 g/mol. The third kappa shape index (κ3) is 8.06. The van der Waals surface area contributed by atoms with Crippen LogP contribution in [0.15, 0.2) is 212 Å². The second kappa shape index (κ2) is 17.1. The molecule has 2 heteroatoms. The zero-order valence-corrected chi connectivity index (χ0v) is 42.1. The molecule has 0 aromatic heterocycles. The van der Waals surface area contributed by atoms with E-state index in [1.54, 1.807) is 0 Å². The van der Waals surface area contributed by atoms with Crippen LogP contribution in [0, 0.1) is 0 Å². The van der Waals surface area contributed by atoms with Crippen LogP contribution in [0.25, 0.3) is 65.0 Å². The molecule has 0 saturated carbocycles. The topological polar surface area (TPSA) is 6.48 Å². The normalized spacial score (nSPS) is 12.4. The van der Waals surface area contributed by atoms with Crippen molar-refractivity contribution in [2.75, 3.05) is 9.80 Å². The highest BCUT2D eigenvalue weighted by molar-refractivity contribution is 6.09. The summed E-state index contributed by atoms with van der Waals surface area (Å²) in [6.45, 7) is 21.0. The maximum absolute atomic E-state index is 2.57. The smallest absolute Gasteiger partial charge is 0.0564 e. The summed E-state index contributed by atoms with van der Waals surface area (Å²) in [4.78, 5) is 5.14. The zero-order chi connectivity index (χ0) is 48.5. The molecule has 0 amide bonds. The Morgan fingerprint density at radius 1 is 0.271 bits per heavy atom. The lowest BCUT2D eigenvalue weighted by molar-refractivity contribution is 0.590. The first kappa shape index (κ1) is 44.8. The molecule has 0 heterocycles. The highest BCUT2D eigenvalue weighted by Gasteiger charge is 2.31. The van der Waals surface area contributed by atoms with Crippen LogP contribution in [0.1, 0.15) is 79.0 Å². The third-order valence-electron chi connectivity index (χ3n) is 14.3. The minimum absolute atomic E-state index is 0.0572. The molecule has 0 saturated heterocycles. The van der Waals surface area contributed by atoms with E-state index < -0.39 is 0 Å². The van der Waals surface area contributed by atoms with Gasteiger partial charge in [0.25, 0.3) is 0 Å². The van der Waals surface area contributed by atoms with Gasteiger partial charge in [-0.1, -0.05) is 214 Å². The molecule has 0 bridgehead atoms. The van der Waals surface area contributed by atoms with Gasteiger partial charge in [0.2, 0.25) is 0 Å². The fourth-order valence-electron chi connectivity index (χ4n) is 10.8. The van der Waals surface area contributed by atoms with Crippen LogP contribution in [0.2, 0.25) is 0 Å². The lowest BCUT2D eigenvalue weighted by Gasteiger charge is -2.37. The lowest BCUT2D eigenvalue weighted by Crippen LogP contribution is -2.20. The van der Waals surface area contributed by atoms with E-state index in [9.17, 15) is 0 Å². The highest BCUT2D eigenvalue weighted by Crippen LogP contribution is 2.54. The Bertz CT molecular complexity index is 3780. The van der Waals surface area contributed by atoms with Gasteiger partial charge in [-0.3, -0.25) is 0 Å². The van der Waals surface area contributed by atoms with Crippen molar-refractivity contribution in [3.8, 4) is 11.1 Å². The van der Waals surface area contributed by atoms with Gasteiger partial charge in [0, 0.05) is 27.7 Å². The van der Waals surface area contributed by atoms with Gasteiger partial charge in [0.1, 0.15) is 0 Å². The van der Waals surface area contributed by atoms with E-state index in [1.807, 2.05) is 0 Å². The van der Waals surface area contributed by atoms with E-state index in [4.69, 9.17) is 0 Å². The quantitative estimate of drug-likeness (QED) is 0.147. The Labute approximate surface area is 414 Å². The molecule has 70 heavy (non-hydrogen) atoms. The molecule has 0 fully saturated rings. The molecule has 0 aliphatic carbocycles. The average molecular weight is 907 g/mol. The number of fused-ring (bicyclic) bond motifs is 5. The van der Waals surface area contributed by atoms with Gasteiger partial charge < -0.3 is 9.80 Å². The number of anilines is 6. The molecule has 0 aliphatic heterocycles. The van der Waals surface area contributed by atoms with Crippen LogP contribution in [0.4, 0.5) is 34.1 Å². The fourth-order valence-corrected chi connectivity index (χ4v) is 10.8. The Balaban J connectivity index is 1.31. The van der Waals surface area contributed by atoms with Crippen LogP contribution in [0.5, 0.6) is 0 Å². The maximum Gasteiger partial charge on any atom is 0.0564 e. The van der Waals surface area contributed by atoms with Gasteiger partial charge in [-0.2, -0.15) is 0 Å². The van der Waals surface area contributed by atoms with E-state index in [1.165, 1.54) is 70.6 Å². The standard InChI is InChI=1S/C68H62N2/c1-66(2,3)52-43-63(69(53-33-31-45-21-13-14-26-49(45)41-53)61-37-35-59(67(4,5)6)55-27-17-19-29-57(55)61)65(46-22-11-10-12-23-46)64(44-52)70(62-38-36-60(68(7,8)9)56-28-18-20-30-58(56)62)54-34-32-50-39-47-24-15-16-25-48(47)40-51(50)42-54/h10-44H,1-9H3. The minimum Gasteiger partial charge on any atom is -0.309 e. The third-order valence-corrected chi connectivity index (χ3v) is 14.3. The maximum atomic E-state index is 2.57. The molecule has 344 valence electrons. The predicted molar refractivity (Wildman–Crippen MR) is 305 cm³/mol. The molecule has 0 atom stereocenters. The van der Waals surface area contributed by atoms with E-state index in [2.05, 4.69) is 284 Å². The first-order chi connectivity index (χ1) is 33.6. The van der Waals surface area contributed by atoms with E-state index in [-0.39, 0.29) is 16.2 Å². The first-order valence-corrected chi connectivity index (χ1v) is 24.9. The van der Waals surface area contributed by atoms with Gasteiger partial charge in [0.15, 0.2) is 0 Å². The van der Waals surface area contributed by atoms with Crippen LogP contribution in [-0.2, 0) is 16.2 Å². The highest BCUT2D eigenvalue weighted by atomic mass is 15.2. The van der Waals surface area contributed by atoms with Crippen LogP contribution < -0.4 is 9.80 Å². The zero-order valence-electron chi connectivity index (χ0n) is 42.1. The predicted octanol–water partition coefficient (Wildman–Crippen LogP) is 20.0. The summed E-state index contributed by atoms with van der Waals surface area (Å²) in [5.74, 6) is 0. The molecule has 2 nitrogen and oxygen atoms in total. The summed E-state index contributed by atoms with van der Waals surface area (Å²) in [6.07, 6.45) is 0. The van der Waals surface area contributed by atoms with Gasteiger partial charge in [-0.25, -0.2) is 0 Å². The van der Waals surface area contributed by atoms with Gasteiger partial charge in [-0.05, 0) is 142 Å². The van der Waals surface area contributed by atoms with Crippen LogP contribution >= 0.6 is 0 Å². The van der Waals surface area contributed by atoms with Crippen LogP contribution in [0.3, 0.4) is 0 Å². The minimum atomic E-state index is -0.224. The molecular formula is C68H62N2. The Hall–Kier alpha value is -7.68. The van der Waals surface area contributed by atoms with Gasteiger partial charge in [-0.15, -0.1) is 0 Å².